The van der Waals surface area contributed by atoms with E-state index in [9.17, 15) is 13.2 Å². The SMILES string of the molecule is Cc1ccc(C)c(OCCNC(=O)c2cc(S(=O)(=O)N3CCCCC3)ccc2C)c1. The van der Waals surface area contributed by atoms with Gasteiger partial charge >= 0.3 is 0 Å². The summed E-state index contributed by atoms with van der Waals surface area (Å²) in [6.07, 6.45) is 2.80. The van der Waals surface area contributed by atoms with E-state index in [-0.39, 0.29) is 10.8 Å². The molecule has 1 heterocycles. The summed E-state index contributed by atoms with van der Waals surface area (Å²) in [5.41, 5.74) is 3.26. The van der Waals surface area contributed by atoms with Gasteiger partial charge in [-0.25, -0.2) is 8.42 Å². The molecule has 2 aromatic carbocycles. The molecule has 0 saturated carbocycles. The monoisotopic (exact) mass is 430 g/mol. The van der Waals surface area contributed by atoms with Gasteiger partial charge in [-0.2, -0.15) is 4.31 Å². The number of nitrogens with one attached hydrogen (secondary N) is 1. The molecule has 0 bridgehead atoms. The van der Waals surface area contributed by atoms with Gasteiger partial charge in [-0.05, 0) is 68.5 Å². The van der Waals surface area contributed by atoms with Crippen LogP contribution in [-0.4, -0.2) is 44.9 Å². The van der Waals surface area contributed by atoms with Crippen molar-refractivity contribution < 1.29 is 17.9 Å². The third-order valence-electron chi connectivity index (χ3n) is 5.40. The fourth-order valence-electron chi connectivity index (χ4n) is 3.54. The number of amides is 1. The lowest BCUT2D eigenvalue weighted by atomic mass is 10.1. The highest BCUT2D eigenvalue weighted by atomic mass is 32.2. The zero-order chi connectivity index (χ0) is 21.7. The molecule has 0 atom stereocenters. The Kier molecular flexibility index (Phi) is 7.15. The number of hydrogen-bond acceptors (Lipinski definition) is 4. The molecule has 30 heavy (non-hydrogen) atoms. The molecule has 1 aliphatic heterocycles. The van der Waals surface area contributed by atoms with Crippen LogP contribution in [-0.2, 0) is 10.0 Å². The van der Waals surface area contributed by atoms with Crippen LogP contribution in [0.15, 0.2) is 41.3 Å². The van der Waals surface area contributed by atoms with Crippen molar-refractivity contribution in [3.63, 3.8) is 0 Å². The van der Waals surface area contributed by atoms with E-state index < -0.39 is 10.0 Å². The second-order valence-electron chi connectivity index (χ2n) is 7.81. The van der Waals surface area contributed by atoms with E-state index in [0.717, 1.165) is 41.7 Å². The lowest BCUT2D eigenvalue weighted by Gasteiger charge is -2.26. The first kappa shape index (κ1) is 22.3. The quantitative estimate of drug-likeness (QED) is 0.681. The number of carbonyl (C=O) groups excluding carboxylic acids is 1. The minimum absolute atomic E-state index is 0.173. The van der Waals surface area contributed by atoms with Gasteiger partial charge in [0.05, 0.1) is 11.4 Å². The molecule has 0 spiro atoms. The maximum Gasteiger partial charge on any atom is 0.251 e. The summed E-state index contributed by atoms with van der Waals surface area (Å²) in [5, 5.41) is 2.83. The van der Waals surface area contributed by atoms with Crippen LogP contribution in [0.1, 0.15) is 46.3 Å². The average Bonchev–Trinajstić information content (AvgIpc) is 2.74. The van der Waals surface area contributed by atoms with Crippen LogP contribution in [0, 0.1) is 20.8 Å². The van der Waals surface area contributed by atoms with E-state index in [1.54, 1.807) is 19.1 Å². The van der Waals surface area contributed by atoms with Crippen molar-refractivity contribution in [2.45, 2.75) is 44.9 Å². The van der Waals surface area contributed by atoms with Gasteiger partial charge in [0, 0.05) is 18.7 Å². The van der Waals surface area contributed by atoms with E-state index in [2.05, 4.69) is 5.32 Å². The van der Waals surface area contributed by atoms with Crippen LogP contribution in [0.3, 0.4) is 0 Å². The predicted molar refractivity (Wildman–Crippen MR) is 118 cm³/mol. The molecule has 6 nitrogen and oxygen atoms in total. The first-order valence-electron chi connectivity index (χ1n) is 10.4. The summed E-state index contributed by atoms with van der Waals surface area (Å²) < 4.78 is 33.1. The molecule has 0 aromatic heterocycles. The minimum atomic E-state index is -3.58. The van der Waals surface area contributed by atoms with E-state index >= 15 is 0 Å². The average molecular weight is 431 g/mol. The molecule has 0 aliphatic carbocycles. The molecule has 1 saturated heterocycles. The molecule has 1 N–H and O–H groups in total. The Morgan fingerprint density at radius 3 is 2.43 bits per heavy atom. The number of nitrogens with zero attached hydrogens (tertiary/aromatic N) is 1. The summed E-state index contributed by atoms with van der Waals surface area (Å²) in [6.45, 7) is 7.52. The van der Waals surface area contributed by atoms with Gasteiger partial charge in [-0.15, -0.1) is 0 Å². The highest BCUT2D eigenvalue weighted by molar-refractivity contribution is 7.89. The Morgan fingerprint density at radius 2 is 1.70 bits per heavy atom. The van der Waals surface area contributed by atoms with Crippen molar-refractivity contribution in [2.75, 3.05) is 26.2 Å². The Balaban J connectivity index is 1.64. The van der Waals surface area contributed by atoms with Gasteiger partial charge < -0.3 is 10.1 Å². The smallest absolute Gasteiger partial charge is 0.251 e. The molecule has 162 valence electrons. The summed E-state index contributed by atoms with van der Waals surface area (Å²) >= 11 is 0. The van der Waals surface area contributed by atoms with Crippen molar-refractivity contribution in [1.29, 1.82) is 0 Å². The number of aryl methyl sites for hydroxylation is 3. The largest absolute Gasteiger partial charge is 0.491 e. The predicted octanol–water partition coefficient (Wildman–Crippen LogP) is 3.60. The second kappa shape index (κ2) is 9.62. The van der Waals surface area contributed by atoms with Gasteiger partial charge in [0.1, 0.15) is 12.4 Å². The van der Waals surface area contributed by atoms with Crippen molar-refractivity contribution in [1.82, 2.24) is 9.62 Å². The number of ether oxygens (including phenoxy) is 1. The third-order valence-corrected chi connectivity index (χ3v) is 7.29. The third kappa shape index (κ3) is 5.21. The van der Waals surface area contributed by atoms with Crippen LogP contribution in [0.2, 0.25) is 0 Å². The van der Waals surface area contributed by atoms with Gasteiger partial charge in [-0.3, -0.25) is 4.79 Å². The van der Waals surface area contributed by atoms with Crippen molar-refractivity contribution in [2.24, 2.45) is 0 Å². The Hall–Kier alpha value is -2.38. The highest BCUT2D eigenvalue weighted by Gasteiger charge is 2.27. The lowest BCUT2D eigenvalue weighted by Crippen LogP contribution is -2.36. The Labute approximate surface area is 179 Å². The molecular weight excluding hydrogens is 400 g/mol. The maximum atomic E-state index is 12.9. The number of carbonyl (C=O) groups is 1. The van der Waals surface area contributed by atoms with E-state index in [0.29, 0.717) is 31.8 Å². The first-order valence-corrected chi connectivity index (χ1v) is 11.8. The Morgan fingerprint density at radius 1 is 1.00 bits per heavy atom. The zero-order valence-electron chi connectivity index (χ0n) is 17.9. The van der Waals surface area contributed by atoms with E-state index in [4.69, 9.17) is 4.74 Å². The molecular formula is C23H30N2O4S. The minimum Gasteiger partial charge on any atom is -0.491 e. The highest BCUT2D eigenvalue weighted by Crippen LogP contribution is 2.23. The molecule has 1 fully saturated rings. The molecule has 1 aliphatic rings. The van der Waals surface area contributed by atoms with Crippen LogP contribution >= 0.6 is 0 Å². The van der Waals surface area contributed by atoms with Crippen molar-refractivity contribution in [3.8, 4) is 5.75 Å². The van der Waals surface area contributed by atoms with Gasteiger partial charge in [0.15, 0.2) is 0 Å². The first-order chi connectivity index (χ1) is 14.3. The molecule has 0 unspecified atom stereocenters. The van der Waals surface area contributed by atoms with Crippen LogP contribution in [0.5, 0.6) is 5.75 Å². The lowest BCUT2D eigenvalue weighted by molar-refractivity contribution is 0.0946. The summed E-state index contributed by atoms with van der Waals surface area (Å²) in [7, 11) is -3.58. The van der Waals surface area contributed by atoms with Gasteiger partial charge in [0.25, 0.3) is 5.91 Å². The normalized spacial score (nSPS) is 15.0. The number of piperidine rings is 1. The maximum absolute atomic E-state index is 12.9. The number of benzene rings is 2. The molecule has 2 aromatic rings. The summed E-state index contributed by atoms with van der Waals surface area (Å²) in [5.74, 6) is 0.503. The molecule has 1 amide bonds. The fraction of sp³-hybridized carbons (Fsp3) is 0.435. The number of rotatable bonds is 7. The number of sulfonamides is 1. The summed E-state index contributed by atoms with van der Waals surface area (Å²) in [6, 6.07) is 10.8. The van der Waals surface area contributed by atoms with Crippen LogP contribution in [0.4, 0.5) is 0 Å². The Bertz CT molecular complexity index is 1010. The number of hydrogen-bond donors (Lipinski definition) is 1. The molecule has 3 rings (SSSR count). The van der Waals surface area contributed by atoms with Crippen molar-refractivity contribution >= 4 is 15.9 Å². The standard InChI is InChI=1S/C23H30N2O4S/c1-17-7-8-19(3)22(15-17)29-14-11-24-23(26)21-16-20(10-9-18(21)2)30(27,28)25-12-5-4-6-13-25/h7-10,15-16H,4-6,11-14H2,1-3H3,(H,24,26). The van der Waals surface area contributed by atoms with Crippen LogP contribution in [0.25, 0.3) is 0 Å². The summed E-state index contributed by atoms with van der Waals surface area (Å²) in [4.78, 5) is 12.9. The van der Waals surface area contributed by atoms with E-state index in [1.165, 1.54) is 10.4 Å². The van der Waals surface area contributed by atoms with Crippen molar-refractivity contribution in [3.05, 3.63) is 58.7 Å². The zero-order valence-corrected chi connectivity index (χ0v) is 18.7. The topological polar surface area (TPSA) is 75.7 Å². The van der Waals surface area contributed by atoms with Gasteiger partial charge in [0.2, 0.25) is 10.0 Å². The van der Waals surface area contributed by atoms with E-state index in [1.807, 2.05) is 32.0 Å². The van der Waals surface area contributed by atoms with Gasteiger partial charge in [-0.1, -0.05) is 24.6 Å². The van der Waals surface area contributed by atoms with Crippen LogP contribution < -0.4 is 10.1 Å². The second-order valence-corrected chi connectivity index (χ2v) is 9.75. The molecule has 0 radical (unpaired) electrons. The molecule has 7 heteroatoms. The fourth-order valence-corrected chi connectivity index (χ4v) is 5.09.